The van der Waals surface area contributed by atoms with E-state index in [4.69, 9.17) is 5.73 Å². The summed E-state index contributed by atoms with van der Waals surface area (Å²) in [6.45, 7) is 2.42. The van der Waals surface area contributed by atoms with Crippen molar-refractivity contribution in [3.05, 3.63) is 17.5 Å². The van der Waals surface area contributed by atoms with Crippen LogP contribution in [0.5, 0.6) is 0 Å². The predicted molar refractivity (Wildman–Crippen MR) is 73.7 cm³/mol. The monoisotopic (exact) mass is 319 g/mol. The van der Waals surface area contributed by atoms with Crippen LogP contribution >= 0.6 is 0 Å². The second kappa shape index (κ2) is 7.10. The van der Waals surface area contributed by atoms with E-state index in [0.29, 0.717) is 31.9 Å². The molecule has 1 fully saturated rings. The molecule has 4 N–H and O–H groups in total. The van der Waals surface area contributed by atoms with Crippen molar-refractivity contribution in [2.45, 2.75) is 25.6 Å². The van der Waals surface area contributed by atoms with Crippen LogP contribution in [-0.2, 0) is 17.5 Å². The summed E-state index contributed by atoms with van der Waals surface area (Å²) in [7, 11) is 0. The molecule has 1 aliphatic rings. The third kappa shape index (κ3) is 4.44. The molecular weight excluding hydrogens is 299 g/mol. The van der Waals surface area contributed by atoms with Gasteiger partial charge in [0.05, 0.1) is 5.92 Å². The van der Waals surface area contributed by atoms with Gasteiger partial charge in [0.15, 0.2) is 5.69 Å². The Morgan fingerprint density at radius 1 is 1.55 bits per heavy atom. The van der Waals surface area contributed by atoms with E-state index in [0.717, 1.165) is 25.5 Å². The fourth-order valence-electron chi connectivity index (χ4n) is 2.58. The lowest BCUT2D eigenvalue weighted by Gasteiger charge is -2.31. The van der Waals surface area contributed by atoms with Crippen molar-refractivity contribution in [3.63, 3.8) is 0 Å². The molecule has 2 heterocycles. The predicted octanol–water partition coefficient (Wildman–Crippen LogP) is 0.715. The van der Waals surface area contributed by atoms with Gasteiger partial charge in [0, 0.05) is 31.9 Å². The highest BCUT2D eigenvalue weighted by Crippen LogP contribution is 2.28. The number of H-pyrrole nitrogens is 1. The molecule has 1 aliphatic heterocycles. The summed E-state index contributed by atoms with van der Waals surface area (Å²) < 4.78 is 37.5. The minimum absolute atomic E-state index is 0.0456. The Morgan fingerprint density at radius 2 is 2.32 bits per heavy atom. The van der Waals surface area contributed by atoms with E-state index in [-0.39, 0.29) is 11.8 Å². The van der Waals surface area contributed by atoms with E-state index in [2.05, 4.69) is 15.5 Å². The average molecular weight is 319 g/mol. The van der Waals surface area contributed by atoms with Gasteiger partial charge < -0.3 is 11.1 Å². The maximum Gasteiger partial charge on any atom is 0.435 e. The highest BCUT2D eigenvalue weighted by Gasteiger charge is 2.34. The number of nitrogens with one attached hydrogen (secondary N) is 2. The van der Waals surface area contributed by atoms with Crippen LogP contribution in [0.25, 0.3) is 0 Å². The number of amides is 1. The summed E-state index contributed by atoms with van der Waals surface area (Å²) in [6.07, 6.45) is -2.83. The van der Waals surface area contributed by atoms with Gasteiger partial charge >= 0.3 is 6.18 Å². The lowest BCUT2D eigenvalue weighted by molar-refractivity contribution is -0.141. The first-order valence-electron chi connectivity index (χ1n) is 7.21. The number of nitrogens with zero attached hydrogens (tertiary/aromatic N) is 2. The largest absolute Gasteiger partial charge is 0.435 e. The molecule has 1 atom stereocenters. The van der Waals surface area contributed by atoms with Gasteiger partial charge in [-0.25, -0.2) is 0 Å². The molecule has 2 rings (SSSR count). The van der Waals surface area contributed by atoms with Crippen LogP contribution in [0.1, 0.15) is 24.2 Å². The Morgan fingerprint density at radius 3 is 2.95 bits per heavy atom. The minimum atomic E-state index is -4.44. The molecule has 1 aromatic rings. The number of alkyl halides is 3. The van der Waals surface area contributed by atoms with Gasteiger partial charge in [0.1, 0.15) is 0 Å². The smallest absolute Gasteiger partial charge is 0.355 e. The summed E-state index contributed by atoms with van der Waals surface area (Å²) in [5, 5.41) is 8.44. The second-order valence-electron chi connectivity index (χ2n) is 5.43. The molecule has 0 radical (unpaired) electrons. The SMILES string of the molecule is NCCNC(=O)C1CCCN(Cc2cc(C(F)(F)F)n[nH]2)C1. The van der Waals surface area contributed by atoms with Crippen molar-refractivity contribution < 1.29 is 18.0 Å². The minimum Gasteiger partial charge on any atom is -0.355 e. The molecule has 1 aromatic heterocycles. The summed E-state index contributed by atoms with van der Waals surface area (Å²) in [5.41, 5.74) is 4.82. The van der Waals surface area contributed by atoms with Crippen molar-refractivity contribution >= 4 is 5.91 Å². The zero-order valence-corrected chi connectivity index (χ0v) is 12.1. The van der Waals surface area contributed by atoms with Gasteiger partial charge in [-0.3, -0.25) is 14.8 Å². The number of hydrogen-bond donors (Lipinski definition) is 3. The first kappa shape index (κ1) is 16.8. The van der Waals surface area contributed by atoms with Gasteiger partial charge in [-0.2, -0.15) is 18.3 Å². The molecule has 0 spiro atoms. The number of likely N-dealkylation sites (tertiary alicyclic amines) is 1. The van der Waals surface area contributed by atoms with Gasteiger partial charge in [-0.1, -0.05) is 0 Å². The van der Waals surface area contributed by atoms with Crippen LogP contribution in [0.2, 0.25) is 0 Å². The quantitative estimate of drug-likeness (QED) is 0.746. The Hall–Kier alpha value is -1.61. The van der Waals surface area contributed by atoms with E-state index in [1.165, 1.54) is 0 Å². The molecule has 0 saturated carbocycles. The first-order valence-corrected chi connectivity index (χ1v) is 7.21. The Balaban J connectivity index is 1.90. The molecular formula is C13H20F3N5O. The maximum absolute atomic E-state index is 12.5. The molecule has 0 aromatic carbocycles. The fourth-order valence-corrected chi connectivity index (χ4v) is 2.58. The second-order valence-corrected chi connectivity index (χ2v) is 5.43. The summed E-state index contributed by atoms with van der Waals surface area (Å²) >= 11 is 0. The van der Waals surface area contributed by atoms with Gasteiger partial charge in [0.2, 0.25) is 5.91 Å². The van der Waals surface area contributed by atoms with Gasteiger partial charge in [-0.05, 0) is 25.5 Å². The third-order valence-corrected chi connectivity index (χ3v) is 3.64. The number of aromatic nitrogens is 2. The van der Waals surface area contributed by atoms with E-state index >= 15 is 0 Å². The molecule has 22 heavy (non-hydrogen) atoms. The third-order valence-electron chi connectivity index (χ3n) is 3.64. The number of piperidine rings is 1. The summed E-state index contributed by atoms with van der Waals surface area (Å²) in [6, 6.07) is 1.01. The standard InChI is InChI=1S/C13H20F3N5O/c14-13(15,16)11-6-10(19-20-11)8-21-5-1-2-9(7-21)12(22)18-4-3-17/h6,9H,1-5,7-8,17H2,(H,18,22)(H,19,20). The average Bonchev–Trinajstić information content (AvgIpc) is 2.93. The number of hydrogen-bond acceptors (Lipinski definition) is 4. The Kier molecular flexibility index (Phi) is 5.41. The van der Waals surface area contributed by atoms with Crippen LogP contribution < -0.4 is 11.1 Å². The zero-order valence-electron chi connectivity index (χ0n) is 12.1. The zero-order chi connectivity index (χ0) is 16.2. The van der Waals surface area contributed by atoms with Crippen molar-refractivity contribution in [1.29, 1.82) is 0 Å². The topological polar surface area (TPSA) is 87.0 Å². The summed E-state index contributed by atoms with van der Waals surface area (Å²) in [5.74, 6) is -0.193. The number of carbonyl (C=O) groups is 1. The van der Waals surface area contributed by atoms with E-state index in [9.17, 15) is 18.0 Å². The molecule has 1 unspecified atom stereocenters. The van der Waals surface area contributed by atoms with Crippen LogP contribution in [0.15, 0.2) is 6.07 Å². The number of aromatic amines is 1. The maximum atomic E-state index is 12.5. The normalized spacial score (nSPS) is 20.1. The highest BCUT2D eigenvalue weighted by atomic mass is 19.4. The van der Waals surface area contributed by atoms with Crippen LogP contribution in [0.4, 0.5) is 13.2 Å². The lowest BCUT2D eigenvalue weighted by atomic mass is 9.97. The van der Waals surface area contributed by atoms with Crippen molar-refractivity contribution in [2.24, 2.45) is 11.7 Å². The molecule has 6 nitrogen and oxygen atoms in total. The van der Waals surface area contributed by atoms with Gasteiger partial charge in [0.25, 0.3) is 0 Å². The molecule has 1 amide bonds. The van der Waals surface area contributed by atoms with Crippen molar-refractivity contribution in [1.82, 2.24) is 20.4 Å². The molecule has 124 valence electrons. The van der Waals surface area contributed by atoms with Crippen LogP contribution in [0.3, 0.4) is 0 Å². The number of nitrogens with two attached hydrogens (primary N) is 1. The van der Waals surface area contributed by atoms with E-state index < -0.39 is 11.9 Å². The molecule has 0 bridgehead atoms. The van der Waals surface area contributed by atoms with Gasteiger partial charge in [-0.15, -0.1) is 0 Å². The van der Waals surface area contributed by atoms with Crippen LogP contribution in [-0.4, -0.2) is 47.2 Å². The van der Waals surface area contributed by atoms with Crippen molar-refractivity contribution in [3.8, 4) is 0 Å². The van der Waals surface area contributed by atoms with Crippen molar-refractivity contribution in [2.75, 3.05) is 26.2 Å². The number of carbonyl (C=O) groups excluding carboxylic acids is 1. The summed E-state index contributed by atoms with van der Waals surface area (Å²) in [4.78, 5) is 13.9. The van der Waals surface area contributed by atoms with Crippen LogP contribution in [0, 0.1) is 5.92 Å². The Labute approximate surface area is 126 Å². The molecule has 1 saturated heterocycles. The molecule has 0 aliphatic carbocycles. The Bertz CT molecular complexity index is 502. The van der Waals surface area contributed by atoms with E-state index in [1.807, 2.05) is 4.90 Å². The number of rotatable bonds is 5. The number of halogens is 3. The lowest BCUT2D eigenvalue weighted by Crippen LogP contribution is -2.43. The first-order chi connectivity index (χ1) is 10.4. The van der Waals surface area contributed by atoms with E-state index in [1.54, 1.807) is 0 Å². The molecule has 9 heteroatoms. The fraction of sp³-hybridized carbons (Fsp3) is 0.692. The highest BCUT2D eigenvalue weighted by molar-refractivity contribution is 5.78.